The fraction of sp³-hybridized carbons (Fsp3) is 0.474. The van der Waals surface area contributed by atoms with Crippen LogP contribution < -0.4 is 10.2 Å². The molecule has 1 aliphatic carbocycles. The number of hydrogen-bond donors (Lipinski definition) is 1. The monoisotopic (exact) mass is 341 g/mol. The second-order valence-electron chi connectivity index (χ2n) is 7.00. The SMILES string of the molecule is CN1CCN(c2ncc(CN[C@H]3CCc4cc(F)ccc43)cn2)CC1. The van der Waals surface area contributed by atoms with Gasteiger partial charge in [0.1, 0.15) is 5.82 Å². The maximum absolute atomic E-state index is 13.3. The molecule has 5 nitrogen and oxygen atoms in total. The van der Waals surface area contributed by atoms with E-state index in [0.29, 0.717) is 0 Å². The normalized spacial score (nSPS) is 20.7. The van der Waals surface area contributed by atoms with Gasteiger partial charge in [-0.15, -0.1) is 0 Å². The van der Waals surface area contributed by atoms with E-state index in [-0.39, 0.29) is 11.9 Å². The molecule has 1 saturated heterocycles. The van der Waals surface area contributed by atoms with Crippen molar-refractivity contribution in [2.24, 2.45) is 0 Å². The van der Waals surface area contributed by atoms with Gasteiger partial charge in [-0.3, -0.25) is 0 Å². The van der Waals surface area contributed by atoms with E-state index >= 15 is 0 Å². The average molecular weight is 341 g/mol. The number of fused-ring (bicyclic) bond motifs is 1. The number of halogens is 1. The maximum atomic E-state index is 13.3. The molecular formula is C19H24FN5. The largest absolute Gasteiger partial charge is 0.338 e. The summed E-state index contributed by atoms with van der Waals surface area (Å²) in [5, 5.41) is 3.56. The third-order valence-corrected chi connectivity index (χ3v) is 5.21. The zero-order chi connectivity index (χ0) is 17.2. The minimum absolute atomic E-state index is 0.146. The third kappa shape index (κ3) is 3.65. The first-order valence-corrected chi connectivity index (χ1v) is 8.95. The molecule has 2 aromatic rings. The molecule has 1 aromatic carbocycles. The molecule has 0 unspecified atom stereocenters. The summed E-state index contributed by atoms with van der Waals surface area (Å²) in [4.78, 5) is 13.6. The minimum atomic E-state index is -0.146. The van der Waals surface area contributed by atoms with E-state index in [1.54, 1.807) is 12.1 Å². The van der Waals surface area contributed by atoms with Gasteiger partial charge in [0.2, 0.25) is 5.95 Å². The summed E-state index contributed by atoms with van der Waals surface area (Å²) >= 11 is 0. The van der Waals surface area contributed by atoms with Gasteiger partial charge in [-0.05, 0) is 43.1 Å². The number of aryl methyl sites for hydroxylation is 1. The van der Waals surface area contributed by atoms with E-state index < -0.39 is 0 Å². The van der Waals surface area contributed by atoms with Gasteiger partial charge in [-0.2, -0.15) is 0 Å². The van der Waals surface area contributed by atoms with Crippen molar-refractivity contribution in [3.8, 4) is 0 Å². The van der Waals surface area contributed by atoms with Crippen molar-refractivity contribution in [3.63, 3.8) is 0 Å². The van der Waals surface area contributed by atoms with E-state index in [0.717, 1.165) is 62.6 Å². The molecule has 2 heterocycles. The Balaban J connectivity index is 1.35. The molecule has 1 aromatic heterocycles. The summed E-state index contributed by atoms with van der Waals surface area (Å²) in [6.45, 7) is 4.78. The lowest BCUT2D eigenvalue weighted by Gasteiger charge is -2.32. The first-order valence-electron chi connectivity index (χ1n) is 8.95. The average Bonchev–Trinajstić information content (AvgIpc) is 3.03. The van der Waals surface area contributed by atoms with E-state index in [1.807, 2.05) is 18.5 Å². The van der Waals surface area contributed by atoms with Gasteiger partial charge < -0.3 is 15.1 Å². The van der Waals surface area contributed by atoms with E-state index in [2.05, 4.69) is 32.1 Å². The van der Waals surface area contributed by atoms with Gasteiger partial charge in [0, 0.05) is 56.7 Å². The second-order valence-corrected chi connectivity index (χ2v) is 7.00. The van der Waals surface area contributed by atoms with Gasteiger partial charge in [0.15, 0.2) is 0 Å². The number of hydrogen-bond acceptors (Lipinski definition) is 5. The lowest BCUT2D eigenvalue weighted by Crippen LogP contribution is -2.45. The molecule has 6 heteroatoms. The number of aromatic nitrogens is 2. The van der Waals surface area contributed by atoms with Crippen molar-refractivity contribution >= 4 is 5.95 Å². The first-order chi connectivity index (χ1) is 12.2. The lowest BCUT2D eigenvalue weighted by molar-refractivity contribution is 0.311. The van der Waals surface area contributed by atoms with Crippen molar-refractivity contribution in [1.29, 1.82) is 0 Å². The van der Waals surface area contributed by atoms with Crippen LogP contribution in [0.5, 0.6) is 0 Å². The van der Waals surface area contributed by atoms with Gasteiger partial charge in [-0.1, -0.05) is 6.07 Å². The standard InChI is InChI=1S/C19H24FN5/c1-24-6-8-25(9-7-24)19-22-12-14(13-23-19)11-21-18-5-2-15-10-16(20)3-4-17(15)18/h3-4,10,12-13,18,21H,2,5-9,11H2,1H3/t18-/m0/s1. The van der Waals surface area contributed by atoms with Crippen LogP contribution in [0.1, 0.15) is 29.2 Å². The Labute approximate surface area is 147 Å². The van der Waals surface area contributed by atoms with E-state index in [9.17, 15) is 4.39 Å². The van der Waals surface area contributed by atoms with Gasteiger partial charge >= 0.3 is 0 Å². The van der Waals surface area contributed by atoms with Crippen LogP contribution in [-0.4, -0.2) is 48.1 Å². The number of rotatable bonds is 4. The number of piperazine rings is 1. The molecule has 1 aliphatic heterocycles. The number of benzene rings is 1. The summed E-state index contributed by atoms with van der Waals surface area (Å²) in [5.41, 5.74) is 3.42. The van der Waals surface area contributed by atoms with Crippen LogP contribution >= 0.6 is 0 Å². The Bertz CT molecular complexity index is 725. The molecule has 1 atom stereocenters. The number of nitrogens with zero attached hydrogens (tertiary/aromatic N) is 4. The smallest absolute Gasteiger partial charge is 0.225 e. The van der Waals surface area contributed by atoms with Gasteiger partial charge in [0.25, 0.3) is 0 Å². The summed E-state index contributed by atoms with van der Waals surface area (Å²) in [6, 6.07) is 5.40. The Morgan fingerprint density at radius 3 is 2.68 bits per heavy atom. The zero-order valence-corrected chi connectivity index (χ0v) is 14.6. The number of likely N-dealkylation sites (N-methyl/N-ethyl adjacent to an activating group) is 1. The highest BCUT2D eigenvalue weighted by Gasteiger charge is 2.22. The highest BCUT2D eigenvalue weighted by Crippen LogP contribution is 2.31. The predicted molar refractivity (Wildman–Crippen MR) is 96.0 cm³/mol. The van der Waals surface area contributed by atoms with Crippen molar-refractivity contribution in [2.45, 2.75) is 25.4 Å². The van der Waals surface area contributed by atoms with Crippen molar-refractivity contribution < 1.29 is 4.39 Å². The molecule has 4 rings (SSSR count). The molecule has 0 spiro atoms. The van der Waals surface area contributed by atoms with Crippen LogP contribution in [0.3, 0.4) is 0 Å². The zero-order valence-electron chi connectivity index (χ0n) is 14.6. The van der Waals surface area contributed by atoms with E-state index in [1.165, 1.54) is 5.56 Å². The van der Waals surface area contributed by atoms with E-state index in [4.69, 9.17) is 0 Å². The summed E-state index contributed by atoms with van der Waals surface area (Å²) < 4.78 is 13.3. The third-order valence-electron chi connectivity index (χ3n) is 5.21. The van der Waals surface area contributed by atoms with Crippen LogP contribution in [-0.2, 0) is 13.0 Å². The highest BCUT2D eigenvalue weighted by molar-refractivity contribution is 5.35. The van der Waals surface area contributed by atoms with Crippen LogP contribution in [0.25, 0.3) is 0 Å². The molecule has 132 valence electrons. The minimum Gasteiger partial charge on any atom is -0.338 e. The van der Waals surface area contributed by atoms with Gasteiger partial charge in [-0.25, -0.2) is 14.4 Å². The fourth-order valence-electron chi connectivity index (χ4n) is 3.65. The molecular weight excluding hydrogens is 317 g/mol. The predicted octanol–water partition coefficient (Wildman–Crippen LogP) is 2.14. The summed E-state index contributed by atoms with van der Waals surface area (Å²) in [6.07, 6.45) is 5.77. The lowest BCUT2D eigenvalue weighted by atomic mass is 10.1. The first kappa shape index (κ1) is 16.4. The fourth-order valence-corrected chi connectivity index (χ4v) is 3.65. The quantitative estimate of drug-likeness (QED) is 0.923. The molecule has 0 saturated carbocycles. The molecule has 0 bridgehead atoms. The number of anilines is 1. The summed E-state index contributed by atoms with van der Waals surface area (Å²) in [5.74, 6) is 0.672. The molecule has 1 N–H and O–H groups in total. The van der Waals surface area contributed by atoms with Crippen LogP contribution in [0, 0.1) is 5.82 Å². The Morgan fingerprint density at radius 2 is 1.92 bits per heavy atom. The number of nitrogens with one attached hydrogen (secondary N) is 1. The highest BCUT2D eigenvalue weighted by atomic mass is 19.1. The Morgan fingerprint density at radius 1 is 1.16 bits per heavy atom. The maximum Gasteiger partial charge on any atom is 0.225 e. The van der Waals surface area contributed by atoms with Crippen molar-refractivity contribution in [2.75, 3.05) is 38.1 Å². The van der Waals surface area contributed by atoms with Crippen molar-refractivity contribution in [3.05, 3.63) is 53.1 Å². The molecule has 1 fully saturated rings. The molecule has 2 aliphatic rings. The van der Waals surface area contributed by atoms with Crippen LogP contribution in [0.4, 0.5) is 10.3 Å². The second kappa shape index (κ2) is 7.06. The summed E-state index contributed by atoms with van der Waals surface area (Å²) in [7, 11) is 2.14. The van der Waals surface area contributed by atoms with Crippen LogP contribution in [0.15, 0.2) is 30.6 Å². The Hall–Kier alpha value is -2.05. The topological polar surface area (TPSA) is 44.3 Å². The molecule has 25 heavy (non-hydrogen) atoms. The Kier molecular flexibility index (Phi) is 4.63. The van der Waals surface area contributed by atoms with Crippen molar-refractivity contribution in [1.82, 2.24) is 20.2 Å². The molecule has 0 amide bonds. The van der Waals surface area contributed by atoms with Gasteiger partial charge in [0.05, 0.1) is 0 Å². The molecule has 0 radical (unpaired) electrons. The van der Waals surface area contributed by atoms with Crippen LogP contribution in [0.2, 0.25) is 0 Å².